The zero-order valence-corrected chi connectivity index (χ0v) is 9.62. The van der Waals surface area contributed by atoms with E-state index in [9.17, 15) is 0 Å². The topological polar surface area (TPSA) is 57.8 Å². The van der Waals surface area contributed by atoms with Crippen LogP contribution in [0.4, 0.5) is 0 Å². The van der Waals surface area contributed by atoms with Crippen LogP contribution < -0.4 is 0 Å². The maximum Gasteiger partial charge on any atom is 0.251 e. The van der Waals surface area contributed by atoms with Gasteiger partial charge in [-0.1, -0.05) is 0 Å². The van der Waals surface area contributed by atoms with Crippen LogP contribution >= 0.6 is 22.6 Å². The lowest BCUT2D eigenvalue weighted by molar-refractivity contribution is 0.119. The first-order chi connectivity index (χ1) is 6.81. The van der Waals surface area contributed by atoms with Gasteiger partial charge in [-0.05, 0) is 22.6 Å². The summed E-state index contributed by atoms with van der Waals surface area (Å²) in [6, 6.07) is 0. The van der Waals surface area contributed by atoms with E-state index in [1.165, 1.54) is 6.33 Å². The number of hydrogen-bond acceptors (Lipinski definition) is 4. The third kappa shape index (κ3) is 1.77. The molecule has 2 aromatic heterocycles. The zero-order valence-electron chi connectivity index (χ0n) is 7.46. The normalized spacial score (nSPS) is 10.7. The number of methoxy groups -OCH3 is 1. The number of nitrogens with zero attached hydrogens (tertiary/aromatic N) is 5. The van der Waals surface area contributed by atoms with E-state index in [1.807, 2.05) is 6.20 Å². The Hall–Kier alpha value is -0.960. The van der Waals surface area contributed by atoms with Crippen LogP contribution in [0, 0.1) is 3.57 Å². The van der Waals surface area contributed by atoms with Crippen LogP contribution in [0.25, 0.3) is 5.95 Å². The van der Waals surface area contributed by atoms with Gasteiger partial charge in [0.15, 0.2) is 0 Å². The highest BCUT2D eigenvalue weighted by Gasteiger charge is 2.06. The molecule has 0 aliphatic rings. The van der Waals surface area contributed by atoms with E-state index < -0.39 is 0 Å². The standard InChI is InChI=1S/C7H8IN5O/c1-14-5-13-7(9-4-11-13)12-3-6(8)2-10-12/h2-4H,5H2,1H3. The highest BCUT2D eigenvalue weighted by molar-refractivity contribution is 14.1. The molecule has 0 radical (unpaired) electrons. The Bertz CT molecular complexity index is 423. The van der Waals surface area contributed by atoms with Crippen molar-refractivity contribution in [2.45, 2.75) is 6.73 Å². The molecule has 0 saturated carbocycles. The van der Waals surface area contributed by atoms with E-state index in [4.69, 9.17) is 4.74 Å². The van der Waals surface area contributed by atoms with Crippen molar-refractivity contribution in [1.29, 1.82) is 0 Å². The van der Waals surface area contributed by atoms with Crippen molar-refractivity contribution >= 4 is 22.6 Å². The summed E-state index contributed by atoms with van der Waals surface area (Å²) in [7, 11) is 1.61. The molecule has 6 nitrogen and oxygen atoms in total. The summed E-state index contributed by atoms with van der Waals surface area (Å²) in [5, 5.41) is 8.14. The van der Waals surface area contributed by atoms with E-state index in [0.717, 1.165) is 3.57 Å². The van der Waals surface area contributed by atoms with E-state index in [1.54, 1.807) is 22.7 Å². The SMILES string of the molecule is COCn1ncnc1-n1cc(I)cn1. The summed E-state index contributed by atoms with van der Waals surface area (Å²) in [5.74, 6) is 0.648. The van der Waals surface area contributed by atoms with Gasteiger partial charge in [-0.25, -0.2) is 9.36 Å². The van der Waals surface area contributed by atoms with Crippen LogP contribution in [0.1, 0.15) is 0 Å². The van der Waals surface area contributed by atoms with Crippen LogP contribution in [0.2, 0.25) is 0 Å². The van der Waals surface area contributed by atoms with Crippen LogP contribution in [0.5, 0.6) is 0 Å². The van der Waals surface area contributed by atoms with Crippen molar-refractivity contribution in [2.75, 3.05) is 7.11 Å². The number of aromatic nitrogens is 5. The van der Waals surface area contributed by atoms with Crippen molar-refractivity contribution in [2.24, 2.45) is 0 Å². The largest absolute Gasteiger partial charge is 0.362 e. The van der Waals surface area contributed by atoms with Gasteiger partial charge in [0.25, 0.3) is 5.95 Å². The monoisotopic (exact) mass is 305 g/mol. The molecule has 14 heavy (non-hydrogen) atoms. The van der Waals surface area contributed by atoms with Crippen molar-refractivity contribution < 1.29 is 4.74 Å². The second-order valence-corrected chi connectivity index (χ2v) is 3.83. The number of ether oxygens (including phenoxy) is 1. The molecule has 0 aromatic carbocycles. The van der Waals surface area contributed by atoms with Gasteiger partial charge in [0.05, 0.1) is 9.77 Å². The molecule has 74 valence electrons. The molecule has 0 saturated heterocycles. The van der Waals surface area contributed by atoms with Gasteiger partial charge in [0, 0.05) is 13.3 Å². The third-order valence-electron chi connectivity index (χ3n) is 1.60. The molecule has 0 aliphatic carbocycles. The minimum Gasteiger partial charge on any atom is -0.362 e. The molecule has 2 rings (SSSR count). The fourth-order valence-electron chi connectivity index (χ4n) is 1.06. The lowest BCUT2D eigenvalue weighted by Gasteiger charge is -2.02. The molecule has 2 heterocycles. The molecule has 0 atom stereocenters. The Kier molecular flexibility index (Phi) is 2.77. The van der Waals surface area contributed by atoms with Gasteiger partial charge in [0.1, 0.15) is 13.1 Å². The van der Waals surface area contributed by atoms with E-state index in [0.29, 0.717) is 12.7 Å². The van der Waals surface area contributed by atoms with Gasteiger partial charge in [-0.15, -0.1) is 0 Å². The van der Waals surface area contributed by atoms with Crippen molar-refractivity contribution in [3.63, 3.8) is 0 Å². The lowest BCUT2D eigenvalue weighted by Crippen LogP contribution is -2.09. The fourth-order valence-corrected chi connectivity index (χ4v) is 1.45. The average molecular weight is 305 g/mol. The fraction of sp³-hybridized carbons (Fsp3) is 0.286. The molecular formula is C7H8IN5O. The number of rotatable bonds is 3. The van der Waals surface area contributed by atoms with Crippen LogP contribution in [0.15, 0.2) is 18.7 Å². The minimum atomic E-state index is 0.367. The van der Waals surface area contributed by atoms with Gasteiger partial charge in [0.2, 0.25) is 0 Å². The first-order valence-electron chi connectivity index (χ1n) is 3.88. The second kappa shape index (κ2) is 4.05. The molecule has 0 N–H and O–H groups in total. The minimum absolute atomic E-state index is 0.367. The van der Waals surface area contributed by atoms with E-state index in [-0.39, 0.29) is 0 Å². The Morgan fingerprint density at radius 2 is 2.36 bits per heavy atom. The highest BCUT2D eigenvalue weighted by atomic mass is 127. The number of hydrogen-bond donors (Lipinski definition) is 0. The lowest BCUT2D eigenvalue weighted by atomic mass is 10.7. The predicted molar refractivity (Wildman–Crippen MR) is 56.9 cm³/mol. The molecule has 0 aliphatic heterocycles. The first-order valence-corrected chi connectivity index (χ1v) is 4.96. The van der Waals surface area contributed by atoms with E-state index in [2.05, 4.69) is 37.8 Å². The van der Waals surface area contributed by atoms with Crippen molar-refractivity contribution in [3.05, 3.63) is 22.3 Å². The zero-order chi connectivity index (χ0) is 9.97. The molecule has 0 fully saturated rings. The average Bonchev–Trinajstić information content (AvgIpc) is 2.74. The van der Waals surface area contributed by atoms with Crippen molar-refractivity contribution in [3.8, 4) is 5.95 Å². The molecule has 7 heteroatoms. The summed E-state index contributed by atoms with van der Waals surface area (Å²) < 4.78 is 9.31. The summed E-state index contributed by atoms with van der Waals surface area (Å²) in [4.78, 5) is 4.09. The van der Waals surface area contributed by atoms with Gasteiger partial charge < -0.3 is 4.74 Å². The molecule has 0 unspecified atom stereocenters. The summed E-state index contributed by atoms with van der Waals surface area (Å²) in [6.07, 6.45) is 5.10. The predicted octanol–water partition coefficient (Wildman–Crippen LogP) is 0.672. The smallest absolute Gasteiger partial charge is 0.251 e. The Balaban J connectivity index is 2.36. The third-order valence-corrected chi connectivity index (χ3v) is 2.16. The molecule has 0 bridgehead atoms. The molecule has 0 spiro atoms. The quantitative estimate of drug-likeness (QED) is 0.782. The van der Waals surface area contributed by atoms with E-state index >= 15 is 0 Å². The molecular weight excluding hydrogens is 297 g/mol. The second-order valence-electron chi connectivity index (χ2n) is 2.58. The Morgan fingerprint density at radius 3 is 3.00 bits per heavy atom. The Labute approximate surface area is 94.0 Å². The summed E-state index contributed by atoms with van der Waals surface area (Å²) >= 11 is 2.19. The molecule has 2 aromatic rings. The van der Waals surface area contributed by atoms with Gasteiger partial charge >= 0.3 is 0 Å². The van der Waals surface area contributed by atoms with Gasteiger partial charge in [-0.2, -0.15) is 15.2 Å². The van der Waals surface area contributed by atoms with Crippen LogP contribution in [-0.4, -0.2) is 31.7 Å². The maximum atomic E-state index is 4.97. The Morgan fingerprint density at radius 1 is 1.50 bits per heavy atom. The summed E-state index contributed by atoms with van der Waals surface area (Å²) in [6.45, 7) is 0.367. The van der Waals surface area contributed by atoms with Gasteiger partial charge in [-0.3, -0.25) is 0 Å². The molecule has 0 amide bonds. The highest BCUT2D eigenvalue weighted by Crippen LogP contribution is 2.06. The number of halogens is 1. The summed E-state index contributed by atoms with van der Waals surface area (Å²) in [5.41, 5.74) is 0. The van der Waals surface area contributed by atoms with Crippen LogP contribution in [-0.2, 0) is 11.5 Å². The van der Waals surface area contributed by atoms with Crippen molar-refractivity contribution in [1.82, 2.24) is 24.5 Å². The maximum absolute atomic E-state index is 4.97. The first kappa shape index (κ1) is 9.59. The van der Waals surface area contributed by atoms with Crippen LogP contribution in [0.3, 0.4) is 0 Å².